The van der Waals surface area contributed by atoms with Gasteiger partial charge in [-0.15, -0.1) is 12.4 Å². The number of carbonyl (C=O) groups excluding carboxylic acids is 1. The largest absolute Gasteiger partial charge is 0.480 e. The first-order chi connectivity index (χ1) is 9.36. The highest BCUT2D eigenvalue weighted by Crippen LogP contribution is 2.36. The summed E-state index contributed by atoms with van der Waals surface area (Å²) < 4.78 is 43.4. The van der Waals surface area contributed by atoms with Crippen LogP contribution in [0.5, 0.6) is 5.75 Å². The lowest BCUT2D eigenvalue weighted by atomic mass is 10.2. The van der Waals surface area contributed by atoms with E-state index in [1.165, 1.54) is 25.1 Å². The molecule has 0 heterocycles. The van der Waals surface area contributed by atoms with Crippen molar-refractivity contribution in [1.82, 2.24) is 5.32 Å². The molecular formula is C13H18ClF3N2O2. The fourth-order valence-electron chi connectivity index (χ4n) is 1.50. The summed E-state index contributed by atoms with van der Waals surface area (Å²) in [7, 11) is 0. The Hall–Kier alpha value is -1.47. The van der Waals surface area contributed by atoms with Crippen LogP contribution in [0.2, 0.25) is 0 Å². The Bertz CT molecular complexity index is 455. The average molecular weight is 327 g/mol. The van der Waals surface area contributed by atoms with Crippen molar-refractivity contribution in [2.24, 2.45) is 5.73 Å². The van der Waals surface area contributed by atoms with E-state index in [9.17, 15) is 18.0 Å². The molecule has 4 nitrogen and oxygen atoms in total. The van der Waals surface area contributed by atoms with E-state index in [1.54, 1.807) is 0 Å². The molecule has 0 aromatic heterocycles. The van der Waals surface area contributed by atoms with Gasteiger partial charge in [-0.05, 0) is 32.0 Å². The van der Waals surface area contributed by atoms with Crippen LogP contribution in [0.25, 0.3) is 0 Å². The first-order valence-electron chi connectivity index (χ1n) is 6.17. The van der Waals surface area contributed by atoms with Crippen molar-refractivity contribution >= 4 is 18.3 Å². The number of benzene rings is 1. The number of halogens is 4. The lowest BCUT2D eigenvalue weighted by molar-refractivity contribution is -0.140. The van der Waals surface area contributed by atoms with Gasteiger partial charge in [0.05, 0.1) is 5.56 Å². The highest BCUT2D eigenvalue weighted by atomic mass is 35.5. The number of amides is 1. The van der Waals surface area contributed by atoms with Crippen LogP contribution >= 0.6 is 12.4 Å². The number of nitrogens with one attached hydrogen (secondary N) is 1. The minimum Gasteiger partial charge on any atom is -0.480 e. The Morgan fingerprint density at radius 1 is 1.38 bits per heavy atom. The maximum atomic E-state index is 12.8. The van der Waals surface area contributed by atoms with Crippen LogP contribution in [-0.4, -0.2) is 25.1 Å². The number of carbonyl (C=O) groups is 1. The van der Waals surface area contributed by atoms with Crippen LogP contribution < -0.4 is 15.8 Å². The molecule has 120 valence electrons. The van der Waals surface area contributed by atoms with Gasteiger partial charge in [-0.3, -0.25) is 4.79 Å². The lowest BCUT2D eigenvalue weighted by Crippen LogP contribution is -2.37. The summed E-state index contributed by atoms with van der Waals surface area (Å²) in [5, 5.41) is 2.54. The van der Waals surface area contributed by atoms with Crippen molar-refractivity contribution in [1.29, 1.82) is 0 Å². The zero-order chi connectivity index (χ0) is 15.2. The molecule has 1 atom stereocenters. The maximum absolute atomic E-state index is 12.8. The summed E-state index contributed by atoms with van der Waals surface area (Å²) in [4.78, 5) is 11.6. The minimum atomic E-state index is -4.52. The van der Waals surface area contributed by atoms with Crippen LogP contribution in [-0.2, 0) is 11.0 Å². The first kappa shape index (κ1) is 19.5. The monoisotopic (exact) mass is 326 g/mol. The Balaban J connectivity index is 0.00000400. The lowest BCUT2D eigenvalue weighted by Gasteiger charge is -2.18. The van der Waals surface area contributed by atoms with Crippen molar-refractivity contribution in [2.75, 3.05) is 13.1 Å². The van der Waals surface area contributed by atoms with Crippen LogP contribution in [0.4, 0.5) is 13.2 Å². The van der Waals surface area contributed by atoms with Gasteiger partial charge in [-0.1, -0.05) is 12.1 Å². The molecule has 0 saturated carbocycles. The van der Waals surface area contributed by atoms with Crippen LogP contribution in [0.3, 0.4) is 0 Å². The normalized spacial score (nSPS) is 12.2. The van der Waals surface area contributed by atoms with E-state index in [1.807, 2.05) is 0 Å². The Morgan fingerprint density at radius 3 is 2.57 bits per heavy atom. The van der Waals surface area contributed by atoms with Crippen molar-refractivity contribution in [3.63, 3.8) is 0 Å². The Kier molecular flexibility index (Phi) is 8.12. The number of alkyl halides is 3. The molecular weight excluding hydrogens is 309 g/mol. The molecule has 0 aliphatic carbocycles. The van der Waals surface area contributed by atoms with Gasteiger partial charge in [-0.2, -0.15) is 13.2 Å². The molecule has 0 bridgehead atoms. The van der Waals surface area contributed by atoms with Gasteiger partial charge >= 0.3 is 6.18 Å². The third-order valence-electron chi connectivity index (χ3n) is 2.55. The van der Waals surface area contributed by atoms with E-state index < -0.39 is 23.8 Å². The molecule has 3 N–H and O–H groups in total. The maximum Gasteiger partial charge on any atom is 0.419 e. The number of hydrogen-bond donors (Lipinski definition) is 2. The van der Waals surface area contributed by atoms with Gasteiger partial charge in [0.2, 0.25) is 0 Å². The molecule has 1 rings (SSSR count). The molecule has 1 aromatic rings. The summed E-state index contributed by atoms with van der Waals surface area (Å²) in [6, 6.07) is 4.78. The highest BCUT2D eigenvalue weighted by molar-refractivity contribution is 5.85. The van der Waals surface area contributed by atoms with Gasteiger partial charge in [0.1, 0.15) is 5.75 Å². The summed E-state index contributed by atoms with van der Waals surface area (Å²) >= 11 is 0. The zero-order valence-corrected chi connectivity index (χ0v) is 12.3. The zero-order valence-electron chi connectivity index (χ0n) is 11.4. The van der Waals surface area contributed by atoms with E-state index in [4.69, 9.17) is 10.5 Å². The van der Waals surface area contributed by atoms with E-state index in [0.29, 0.717) is 19.5 Å². The summed E-state index contributed by atoms with van der Waals surface area (Å²) in [6.07, 6.45) is -4.94. The molecule has 0 aliphatic heterocycles. The van der Waals surface area contributed by atoms with Gasteiger partial charge in [0, 0.05) is 6.54 Å². The topological polar surface area (TPSA) is 64.3 Å². The predicted molar refractivity (Wildman–Crippen MR) is 75.5 cm³/mol. The molecule has 0 spiro atoms. The summed E-state index contributed by atoms with van der Waals surface area (Å²) in [5.74, 6) is -0.836. The van der Waals surface area contributed by atoms with Crippen molar-refractivity contribution < 1.29 is 22.7 Å². The molecule has 0 aliphatic rings. The van der Waals surface area contributed by atoms with E-state index >= 15 is 0 Å². The molecule has 21 heavy (non-hydrogen) atoms. The highest BCUT2D eigenvalue weighted by Gasteiger charge is 2.34. The van der Waals surface area contributed by atoms with Gasteiger partial charge in [0.25, 0.3) is 5.91 Å². The van der Waals surface area contributed by atoms with E-state index in [2.05, 4.69) is 5.32 Å². The third-order valence-corrected chi connectivity index (χ3v) is 2.55. The minimum absolute atomic E-state index is 0. The molecule has 1 aromatic carbocycles. The van der Waals surface area contributed by atoms with Gasteiger partial charge < -0.3 is 15.8 Å². The Morgan fingerprint density at radius 2 is 2.00 bits per heavy atom. The predicted octanol–water partition coefficient (Wildman–Crippen LogP) is 2.36. The first-order valence-corrected chi connectivity index (χ1v) is 6.17. The van der Waals surface area contributed by atoms with Crippen LogP contribution in [0.1, 0.15) is 18.9 Å². The standard InChI is InChI=1S/C13H17F3N2O2.ClH/c1-9(12(19)18-8-4-7-17)20-11-6-3-2-5-10(11)13(14,15)16;/h2-3,5-6,9H,4,7-8,17H2,1H3,(H,18,19);1H. The molecule has 1 amide bonds. The molecule has 0 radical (unpaired) electrons. The van der Waals surface area contributed by atoms with E-state index in [-0.39, 0.29) is 18.2 Å². The second-order valence-electron chi connectivity index (χ2n) is 4.19. The molecule has 8 heteroatoms. The number of hydrogen-bond acceptors (Lipinski definition) is 3. The number of ether oxygens (including phenoxy) is 1. The summed E-state index contributed by atoms with van der Waals surface area (Å²) in [6.45, 7) is 2.18. The van der Waals surface area contributed by atoms with Crippen LogP contribution in [0.15, 0.2) is 24.3 Å². The van der Waals surface area contributed by atoms with Crippen molar-refractivity contribution in [2.45, 2.75) is 25.6 Å². The smallest absolute Gasteiger partial charge is 0.419 e. The third kappa shape index (κ3) is 6.22. The fraction of sp³-hybridized carbons (Fsp3) is 0.462. The second-order valence-corrected chi connectivity index (χ2v) is 4.19. The molecule has 0 fully saturated rings. The van der Waals surface area contributed by atoms with Crippen molar-refractivity contribution in [3.8, 4) is 5.75 Å². The number of nitrogens with two attached hydrogens (primary N) is 1. The van der Waals surface area contributed by atoms with Crippen LogP contribution in [0, 0.1) is 0 Å². The van der Waals surface area contributed by atoms with E-state index in [0.717, 1.165) is 6.07 Å². The summed E-state index contributed by atoms with van der Waals surface area (Å²) in [5.41, 5.74) is 4.37. The fourth-order valence-corrected chi connectivity index (χ4v) is 1.50. The van der Waals surface area contributed by atoms with Crippen molar-refractivity contribution in [3.05, 3.63) is 29.8 Å². The number of para-hydroxylation sites is 1. The van der Waals surface area contributed by atoms with Gasteiger partial charge in [0.15, 0.2) is 6.10 Å². The second kappa shape index (κ2) is 8.74. The average Bonchev–Trinajstić information content (AvgIpc) is 2.38. The molecule has 1 unspecified atom stereocenters. The number of rotatable bonds is 6. The Labute approximate surface area is 127 Å². The molecule has 0 saturated heterocycles. The van der Waals surface area contributed by atoms with Gasteiger partial charge in [-0.25, -0.2) is 0 Å². The SMILES string of the molecule is CC(Oc1ccccc1C(F)(F)F)C(=O)NCCCN.Cl. The quantitative estimate of drug-likeness (QED) is 0.789.